The maximum absolute atomic E-state index is 12.8. The van der Waals surface area contributed by atoms with Crippen LogP contribution in [0.15, 0.2) is 97.1 Å². The Hall–Kier alpha value is -4.51. The van der Waals surface area contributed by atoms with Crippen LogP contribution in [-0.2, 0) is 5.41 Å². The van der Waals surface area contributed by atoms with Crippen molar-refractivity contribution in [2.45, 2.75) is 64.0 Å². The zero-order valence-corrected chi connectivity index (χ0v) is 26.1. The first-order chi connectivity index (χ1) is 21.3. The highest BCUT2D eigenvalue weighted by molar-refractivity contribution is 5.91. The molecule has 2 aliphatic rings. The van der Waals surface area contributed by atoms with Crippen LogP contribution in [0.1, 0.15) is 74.4 Å². The van der Waals surface area contributed by atoms with Gasteiger partial charge in [-0.2, -0.15) is 0 Å². The molecule has 1 spiro atoms. The van der Waals surface area contributed by atoms with Crippen LogP contribution in [0.2, 0.25) is 0 Å². The number of esters is 1. The molecule has 2 heterocycles. The molecule has 0 saturated carbocycles. The fourth-order valence-corrected chi connectivity index (χ4v) is 6.42. The lowest BCUT2D eigenvalue weighted by Crippen LogP contribution is -2.58. The minimum Gasteiger partial charge on any atom is -0.494 e. The lowest BCUT2D eigenvalue weighted by atomic mass is 9.76. The minimum atomic E-state index is -0.599. The second-order valence-corrected chi connectivity index (χ2v) is 12.3. The number of nitrogens with zero attached hydrogens (tertiary/aromatic N) is 1. The smallest absolute Gasteiger partial charge is 0.343 e. The average molecular weight is 588 g/mol. The molecule has 0 N–H and O–H groups in total. The number of hydrogen-bond acceptors (Lipinski definition) is 5. The highest BCUT2D eigenvalue weighted by Gasteiger charge is 2.57. The Morgan fingerprint density at radius 1 is 0.818 bits per heavy atom. The number of rotatable bonds is 10. The Balaban J connectivity index is 1.08. The van der Waals surface area contributed by atoms with Gasteiger partial charge < -0.3 is 19.1 Å². The third-order valence-corrected chi connectivity index (χ3v) is 9.10. The second kappa shape index (κ2) is 12.2. The molecule has 0 aromatic heterocycles. The van der Waals surface area contributed by atoms with E-state index in [1.165, 1.54) is 36.9 Å². The van der Waals surface area contributed by atoms with Crippen molar-refractivity contribution in [3.63, 3.8) is 0 Å². The van der Waals surface area contributed by atoms with Gasteiger partial charge in [-0.25, -0.2) is 4.79 Å². The fraction of sp³-hybridized carbons (Fsp3) is 0.308. The van der Waals surface area contributed by atoms with Crippen LogP contribution in [0.3, 0.4) is 0 Å². The average Bonchev–Trinajstić information content (AvgIpc) is 3.21. The third-order valence-electron chi connectivity index (χ3n) is 9.10. The molecule has 0 saturated heterocycles. The fourth-order valence-electron chi connectivity index (χ4n) is 6.42. The number of ether oxygens (including phenoxy) is 3. The molecular weight excluding hydrogens is 546 g/mol. The molecule has 226 valence electrons. The van der Waals surface area contributed by atoms with E-state index in [0.717, 1.165) is 34.6 Å². The number of hydrogen-bond donors (Lipinski definition) is 0. The predicted octanol–water partition coefficient (Wildman–Crippen LogP) is 9.45. The lowest BCUT2D eigenvalue weighted by molar-refractivity contribution is 0.0582. The Morgan fingerprint density at radius 2 is 1.52 bits per heavy atom. The van der Waals surface area contributed by atoms with Gasteiger partial charge in [-0.15, -0.1) is 0 Å². The molecule has 5 heteroatoms. The van der Waals surface area contributed by atoms with Gasteiger partial charge in [-0.1, -0.05) is 69.0 Å². The van der Waals surface area contributed by atoms with E-state index in [0.29, 0.717) is 17.9 Å². The number of para-hydroxylation sites is 1. The number of anilines is 1. The van der Waals surface area contributed by atoms with Gasteiger partial charge in [-0.05, 0) is 104 Å². The first-order valence-electron chi connectivity index (χ1n) is 15.7. The Kier molecular flexibility index (Phi) is 8.22. The molecule has 0 bridgehead atoms. The standard InChI is InChI=1S/C39H41NO4/c1-5-6-7-8-11-26-42-32-19-16-29(17-20-32)37(41)43-33-21-14-28(15-22-33)30-18-23-36-31(27-30)24-25-39(44-36)38(2,3)34-12-9-10-13-35(34)40(39)4/h9-10,12-25,27H,5-8,11,26H2,1-4H3. The molecule has 6 rings (SSSR count). The first-order valence-corrected chi connectivity index (χ1v) is 15.7. The molecule has 1 atom stereocenters. The van der Waals surface area contributed by atoms with Crippen LogP contribution in [0.4, 0.5) is 5.69 Å². The van der Waals surface area contributed by atoms with Crippen LogP contribution < -0.4 is 19.1 Å². The molecule has 2 aliphatic heterocycles. The largest absolute Gasteiger partial charge is 0.494 e. The van der Waals surface area contributed by atoms with Gasteiger partial charge in [0, 0.05) is 18.3 Å². The van der Waals surface area contributed by atoms with Crippen molar-refractivity contribution < 1.29 is 19.0 Å². The topological polar surface area (TPSA) is 48.0 Å². The monoisotopic (exact) mass is 587 g/mol. The van der Waals surface area contributed by atoms with Gasteiger partial charge in [0.05, 0.1) is 17.6 Å². The van der Waals surface area contributed by atoms with Gasteiger partial charge in [0.15, 0.2) is 0 Å². The molecule has 4 aromatic rings. The van der Waals surface area contributed by atoms with Gasteiger partial charge in [-0.3, -0.25) is 0 Å². The number of carbonyl (C=O) groups is 1. The summed E-state index contributed by atoms with van der Waals surface area (Å²) in [4.78, 5) is 15.0. The van der Waals surface area contributed by atoms with Crippen LogP contribution in [0.25, 0.3) is 17.2 Å². The number of fused-ring (bicyclic) bond motifs is 2. The van der Waals surface area contributed by atoms with E-state index >= 15 is 0 Å². The lowest BCUT2D eigenvalue weighted by Gasteiger charge is -2.45. The predicted molar refractivity (Wildman–Crippen MR) is 178 cm³/mol. The van der Waals surface area contributed by atoms with Gasteiger partial charge in [0.2, 0.25) is 5.72 Å². The summed E-state index contributed by atoms with van der Waals surface area (Å²) in [7, 11) is 2.10. The summed E-state index contributed by atoms with van der Waals surface area (Å²) in [6, 6.07) is 29.6. The molecule has 5 nitrogen and oxygen atoms in total. The number of likely N-dealkylation sites (N-methyl/N-ethyl adjacent to an activating group) is 1. The highest BCUT2D eigenvalue weighted by atomic mass is 16.5. The third kappa shape index (κ3) is 5.47. The SMILES string of the molecule is CCCCCCCOc1ccc(C(=O)Oc2ccc(-c3ccc4c(c3)C=CC3(O4)N(C)c4ccccc4C3(C)C)cc2)cc1. The van der Waals surface area contributed by atoms with Crippen molar-refractivity contribution in [3.8, 4) is 28.4 Å². The van der Waals surface area contributed by atoms with Crippen LogP contribution >= 0.6 is 0 Å². The minimum absolute atomic E-state index is 0.234. The zero-order chi connectivity index (χ0) is 30.7. The van der Waals surface area contributed by atoms with E-state index < -0.39 is 11.7 Å². The quantitative estimate of drug-likeness (QED) is 0.105. The van der Waals surface area contributed by atoms with Crippen molar-refractivity contribution in [1.29, 1.82) is 0 Å². The number of benzene rings is 4. The number of carbonyl (C=O) groups excluding carboxylic acids is 1. The summed E-state index contributed by atoms with van der Waals surface area (Å²) >= 11 is 0. The maximum Gasteiger partial charge on any atom is 0.343 e. The van der Waals surface area contributed by atoms with Crippen molar-refractivity contribution in [3.05, 3.63) is 114 Å². The summed E-state index contributed by atoms with van der Waals surface area (Å²) in [6.07, 6.45) is 10.3. The summed E-state index contributed by atoms with van der Waals surface area (Å²) in [5.41, 5.74) is 5.26. The second-order valence-electron chi connectivity index (χ2n) is 12.3. The Bertz CT molecular complexity index is 1650. The maximum atomic E-state index is 12.8. The normalized spacial score (nSPS) is 17.6. The van der Waals surface area contributed by atoms with Crippen molar-refractivity contribution in [2.75, 3.05) is 18.6 Å². The zero-order valence-electron chi connectivity index (χ0n) is 26.1. The molecule has 0 amide bonds. The van der Waals surface area contributed by atoms with Crippen molar-refractivity contribution >= 4 is 17.7 Å². The highest BCUT2D eigenvalue weighted by Crippen LogP contribution is 2.54. The van der Waals surface area contributed by atoms with E-state index in [4.69, 9.17) is 14.2 Å². The number of unbranched alkanes of at least 4 members (excludes halogenated alkanes) is 4. The van der Waals surface area contributed by atoms with Crippen molar-refractivity contribution in [1.82, 2.24) is 0 Å². The summed E-state index contributed by atoms with van der Waals surface area (Å²) in [5, 5.41) is 0. The molecular formula is C39H41NO4. The summed E-state index contributed by atoms with van der Waals surface area (Å²) < 4.78 is 18.3. The summed E-state index contributed by atoms with van der Waals surface area (Å²) in [5.74, 6) is 1.74. The van der Waals surface area contributed by atoms with Gasteiger partial charge in [0.25, 0.3) is 0 Å². The van der Waals surface area contributed by atoms with E-state index in [1.54, 1.807) is 12.1 Å². The van der Waals surface area contributed by atoms with E-state index in [9.17, 15) is 4.79 Å². The van der Waals surface area contributed by atoms with E-state index in [2.05, 4.69) is 87.3 Å². The van der Waals surface area contributed by atoms with Gasteiger partial charge in [0.1, 0.15) is 17.2 Å². The van der Waals surface area contributed by atoms with Crippen molar-refractivity contribution in [2.24, 2.45) is 0 Å². The molecule has 44 heavy (non-hydrogen) atoms. The Morgan fingerprint density at radius 3 is 2.27 bits per heavy atom. The summed E-state index contributed by atoms with van der Waals surface area (Å²) in [6.45, 7) is 7.39. The molecule has 0 fully saturated rings. The molecule has 1 unspecified atom stereocenters. The Labute approximate surface area is 261 Å². The van der Waals surface area contributed by atoms with Crippen LogP contribution in [0, 0.1) is 0 Å². The van der Waals surface area contributed by atoms with Gasteiger partial charge >= 0.3 is 5.97 Å². The van der Waals surface area contributed by atoms with E-state index in [1.807, 2.05) is 36.4 Å². The van der Waals surface area contributed by atoms with Crippen LogP contribution in [-0.4, -0.2) is 25.3 Å². The molecule has 4 aromatic carbocycles. The first kappa shape index (κ1) is 29.6. The van der Waals surface area contributed by atoms with Crippen LogP contribution in [0.5, 0.6) is 17.2 Å². The molecule has 0 aliphatic carbocycles. The molecule has 0 radical (unpaired) electrons. The van der Waals surface area contributed by atoms with E-state index in [-0.39, 0.29) is 5.41 Å².